The van der Waals surface area contributed by atoms with E-state index in [1.807, 2.05) is 0 Å². The van der Waals surface area contributed by atoms with Crippen molar-refractivity contribution >= 4 is 11.8 Å². The molecule has 1 N–H and O–H groups in total. The predicted octanol–water partition coefficient (Wildman–Crippen LogP) is 1.35. The minimum atomic E-state index is -4.49. The molecule has 0 aromatic rings. The largest absolute Gasteiger partial charge is 0.415 e. The van der Waals surface area contributed by atoms with Crippen LogP contribution in [0.1, 0.15) is 6.42 Å². The summed E-state index contributed by atoms with van der Waals surface area (Å²) >= 11 is 1.75. The number of halogens is 3. The predicted molar refractivity (Wildman–Crippen MR) is 50.4 cm³/mol. The van der Waals surface area contributed by atoms with E-state index in [0.29, 0.717) is 13.1 Å². The van der Waals surface area contributed by atoms with Crippen LogP contribution in [0.15, 0.2) is 0 Å². The van der Waals surface area contributed by atoms with E-state index in [1.165, 1.54) is 0 Å². The topological polar surface area (TPSA) is 23.5 Å². The maximum Gasteiger partial charge on any atom is 0.415 e. The van der Waals surface area contributed by atoms with E-state index in [1.54, 1.807) is 16.7 Å². The molecule has 1 atom stereocenters. The Morgan fingerprint density at radius 1 is 1.29 bits per heavy atom. The molecule has 1 heterocycles. The number of aliphatic hydroxyl groups is 1. The summed E-state index contributed by atoms with van der Waals surface area (Å²) in [4.78, 5) is 1.68. The van der Waals surface area contributed by atoms with Crippen molar-refractivity contribution in [3.05, 3.63) is 0 Å². The van der Waals surface area contributed by atoms with Gasteiger partial charge in [-0.3, -0.25) is 4.90 Å². The lowest BCUT2D eigenvalue weighted by molar-refractivity contribution is -0.207. The van der Waals surface area contributed by atoms with Gasteiger partial charge in [-0.2, -0.15) is 24.9 Å². The zero-order valence-electron chi connectivity index (χ0n) is 7.76. The number of hydrogen-bond donors (Lipinski definition) is 1. The highest BCUT2D eigenvalue weighted by Crippen LogP contribution is 2.21. The lowest BCUT2D eigenvalue weighted by atomic mass is 10.3. The van der Waals surface area contributed by atoms with Gasteiger partial charge in [-0.25, -0.2) is 0 Å². The fraction of sp³-hybridized carbons (Fsp3) is 1.00. The molecule has 0 unspecified atom stereocenters. The summed E-state index contributed by atoms with van der Waals surface area (Å²) in [7, 11) is 0. The molecule has 0 amide bonds. The van der Waals surface area contributed by atoms with Crippen LogP contribution in [-0.4, -0.2) is 53.4 Å². The van der Waals surface area contributed by atoms with Gasteiger partial charge in [-0.15, -0.1) is 0 Å². The van der Waals surface area contributed by atoms with Crippen molar-refractivity contribution < 1.29 is 18.3 Å². The molecule has 0 saturated carbocycles. The van der Waals surface area contributed by atoms with Crippen LogP contribution < -0.4 is 0 Å². The Balaban J connectivity index is 2.34. The number of aliphatic hydroxyl groups excluding tert-OH is 1. The van der Waals surface area contributed by atoms with Crippen LogP contribution in [0.25, 0.3) is 0 Å². The average molecular weight is 229 g/mol. The number of β-amino-alcohol motifs (C(OH)–C–C–N with tert-alkyl or cyclic N) is 1. The summed E-state index contributed by atoms with van der Waals surface area (Å²) in [5, 5.41) is 8.86. The van der Waals surface area contributed by atoms with Crippen LogP contribution in [0.4, 0.5) is 13.2 Å². The van der Waals surface area contributed by atoms with Crippen LogP contribution in [0.2, 0.25) is 0 Å². The first-order valence-corrected chi connectivity index (χ1v) is 5.70. The lowest BCUT2D eigenvalue weighted by Gasteiger charge is -2.24. The quantitative estimate of drug-likeness (QED) is 0.773. The Hall–Kier alpha value is 0.0600. The first-order valence-electron chi connectivity index (χ1n) is 4.55. The van der Waals surface area contributed by atoms with Gasteiger partial charge in [0.05, 0.1) is 0 Å². The number of alkyl halides is 3. The van der Waals surface area contributed by atoms with E-state index in [-0.39, 0.29) is 6.54 Å². The maximum absolute atomic E-state index is 12.0. The third-order valence-corrected chi connectivity index (χ3v) is 3.17. The summed E-state index contributed by atoms with van der Waals surface area (Å²) in [5.41, 5.74) is 0. The van der Waals surface area contributed by atoms with Gasteiger partial charge >= 0.3 is 6.18 Å². The van der Waals surface area contributed by atoms with Crippen LogP contribution in [0.5, 0.6) is 0 Å². The van der Waals surface area contributed by atoms with E-state index in [2.05, 4.69) is 0 Å². The van der Waals surface area contributed by atoms with Gasteiger partial charge in [0.15, 0.2) is 6.10 Å². The first-order chi connectivity index (χ1) is 6.50. The molecule has 6 heteroatoms. The Kier molecular flexibility index (Phi) is 4.53. The minimum Gasteiger partial charge on any atom is -0.382 e. The molecular formula is C8H14F3NOS. The number of rotatable bonds is 2. The first kappa shape index (κ1) is 12.1. The summed E-state index contributed by atoms with van der Waals surface area (Å²) in [6.45, 7) is 1.00. The van der Waals surface area contributed by atoms with E-state index in [0.717, 1.165) is 17.9 Å². The second-order valence-corrected chi connectivity index (χ2v) is 4.55. The Bertz CT molecular complexity index is 168. The molecule has 0 aromatic heterocycles. The lowest BCUT2D eigenvalue weighted by Crippen LogP contribution is -2.41. The van der Waals surface area contributed by atoms with Crippen LogP contribution in [-0.2, 0) is 0 Å². The van der Waals surface area contributed by atoms with Gasteiger partial charge in [0.1, 0.15) is 0 Å². The van der Waals surface area contributed by atoms with Crippen molar-refractivity contribution in [1.82, 2.24) is 4.90 Å². The van der Waals surface area contributed by atoms with Crippen LogP contribution >= 0.6 is 11.8 Å². The SMILES string of the molecule is O[C@H](CN1CCCSCC1)C(F)(F)F. The molecule has 1 aliphatic rings. The van der Waals surface area contributed by atoms with Crippen molar-refractivity contribution in [1.29, 1.82) is 0 Å². The second-order valence-electron chi connectivity index (χ2n) is 3.32. The van der Waals surface area contributed by atoms with Crippen molar-refractivity contribution in [3.8, 4) is 0 Å². The standard InChI is InChI=1S/C8H14F3NOS/c9-8(10,11)7(13)6-12-2-1-4-14-5-3-12/h7,13H,1-6H2/t7-/m1/s1. The molecule has 1 saturated heterocycles. The molecule has 0 radical (unpaired) electrons. The minimum absolute atomic E-state index is 0.288. The molecule has 1 rings (SSSR count). The average Bonchev–Trinajstić information content (AvgIpc) is 2.31. The fourth-order valence-corrected chi connectivity index (χ4v) is 2.25. The van der Waals surface area contributed by atoms with Crippen molar-refractivity contribution in [2.75, 3.05) is 31.1 Å². The number of nitrogens with zero attached hydrogens (tertiary/aromatic N) is 1. The fourth-order valence-electron chi connectivity index (χ4n) is 1.33. The van der Waals surface area contributed by atoms with E-state index < -0.39 is 12.3 Å². The number of hydrogen-bond acceptors (Lipinski definition) is 3. The highest BCUT2D eigenvalue weighted by atomic mass is 32.2. The summed E-state index contributed by atoms with van der Waals surface area (Å²) in [6, 6.07) is 0. The zero-order chi connectivity index (χ0) is 10.6. The molecule has 14 heavy (non-hydrogen) atoms. The third kappa shape index (κ3) is 4.06. The van der Waals surface area contributed by atoms with Gasteiger partial charge in [0.2, 0.25) is 0 Å². The normalized spacial score (nSPS) is 23.1. The van der Waals surface area contributed by atoms with Gasteiger partial charge in [0, 0.05) is 18.8 Å². The molecule has 1 fully saturated rings. The Labute approximate surface area is 85.5 Å². The summed E-state index contributed by atoms with van der Waals surface area (Å²) in [6.07, 6.45) is -5.79. The van der Waals surface area contributed by atoms with E-state index in [4.69, 9.17) is 5.11 Å². The molecule has 0 bridgehead atoms. The smallest absolute Gasteiger partial charge is 0.382 e. The zero-order valence-corrected chi connectivity index (χ0v) is 8.57. The molecule has 2 nitrogen and oxygen atoms in total. The molecule has 0 aliphatic carbocycles. The highest BCUT2D eigenvalue weighted by molar-refractivity contribution is 7.99. The second kappa shape index (κ2) is 5.23. The van der Waals surface area contributed by atoms with Crippen molar-refractivity contribution in [3.63, 3.8) is 0 Å². The molecule has 1 aliphatic heterocycles. The van der Waals surface area contributed by atoms with Gasteiger partial charge < -0.3 is 5.11 Å². The summed E-state index contributed by atoms with van der Waals surface area (Å²) in [5.74, 6) is 1.85. The number of thioether (sulfide) groups is 1. The van der Waals surface area contributed by atoms with Crippen LogP contribution in [0.3, 0.4) is 0 Å². The van der Waals surface area contributed by atoms with E-state index >= 15 is 0 Å². The molecule has 84 valence electrons. The van der Waals surface area contributed by atoms with Crippen molar-refractivity contribution in [2.24, 2.45) is 0 Å². The summed E-state index contributed by atoms with van der Waals surface area (Å²) < 4.78 is 36.1. The van der Waals surface area contributed by atoms with Gasteiger partial charge in [-0.1, -0.05) is 0 Å². The molecule has 0 aromatic carbocycles. The molecule has 0 spiro atoms. The Morgan fingerprint density at radius 3 is 2.64 bits per heavy atom. The Morgan fingerprint density at radius 2 is 2.00 bits per heavy atom. The van der Waals surface area contributed by atoms with Gasteiger partial charge in [-0.05, 0) is 18.7 Å². The van der Waals surface area contributed by atoms with Crippen LogP contribution in [0, 0.1) is 0 Å². The van der Waals surface area contributed by atoms with E-state index in [9.17, 15) is 13.2 Å². The monoisotopic (exact) mass is 229 g/mol. The maximum atomic E-state index is 12.0. The van der Waals surface area contributed by atoms with Gasteiger partial charge in [0.25, 0.3) is 0 Å². The highest BCUT2D eigenvalue weighted by Gasteiger charge is 2.39. The third-order valence-electron chi connectivity index (χ3n) is 2.12. The van der Waals surface area contributed by atoms with Crippen molar-refractivity contribution in [2.45, 2.75) is 18.7 Å². The molecular weight excluding hydrogens is 215 g/mol.